The molecule has 2 amide bonds. The average Bonchev–Trinajstić information content (AvgIpc) is 2.59. The number of likely N-dealkylation sites (N-methyl/N-ethyl adjacent to an activating group) is 1. The molecule has 0 radical (unpaired) electrons. The van der Waals surface area contributed by atoms with Crippen LogP contribution in [-0.4, -0.2) is 43.4 Å². The quantitative estimate of drug-likeness (QED) is 0.802. The van der Waals surface area contributed by atoms with Crippen molar-refractivity contribution in [2.24, 2.45) is 5.92 Å². The van der Waals surface area contributed by atoms with Crippen LogP contribution in [0, 0.1) is 5.92 Å². The third-order valence-corrected chi connectivity index (χ3v) is 4.36. The zero-order chi connectivity index (χ0) is 16.5. The van der Waals surface area contributed by atoms with Crippen molar-refractivity contribution in [3.05, 3.63) is 35.9 Å². The van der Waals surface area contributed by atoms with Crippen LogP contribution in [0.3, 0.4) is 0 Å². The minimum Gasteiger partial charge on any atom is -0.350 e. The topological polar surface area (TPSA) is 61.4 Å². The van der Waals surface area contributed by atoms with Gasteiger partial charge >= 0.3 is 0 Å². The van der Waals surface area contributed by atoms with Crippen molar-refractivity contribution in [3.63, 3.8) is 0 Å². The van der Waals surface area contributed by atoms with Gasteiger partial charge in [-0.05, 0) is 43.8 Å². The summed E-state index contributed by atoms with van der Waals surface area (Å²) in [5.41, 5.74) is 1.06. The van der Waals surface area contributed by atoms with Crippen LogP contribution in [0.2, 0.25) is 0 Å². The third kappa shape index (κ3) is 6.40. The molecule has 1 aliphatic rings. The summed E-state index contributed by atoms with van der Waals surface area (Å²) in [5.74, 6) is 0.575. The van der Waals surface area contributed by atoms with Crippen LogP contribution in [0.5, 0.6) is 0 Å². The summed E-state index contributed by atoms with van der Waals surface area (Å²) in [6, 6.07) is 9.76. The molecule has 2 rings (SSSR count). The van der Waals surface area contributed by atoms with Crippen LogP contribution >= 0.6 is 0 Å². The van der Waals surface area contributed by atoms with Gasteiger partial charge in [-0.3, -0.25) is 9.59 Å². The molecule has 5 heteroatoms. The lowest BCUT2D eigenvalue weighted by Gasteiger charge is -2.23. The molecule has 0 bridgehead atoms. The van der Waals surface area contributed by atoms with Crippen LogP contribution in [0.25, 0.3) is 0 Å². The van der Waals surface area contributed by atoms with Gasteiger partial charge in [0.05, 0.1) is 6.54 Å². The number of rotatable bonds is 7. The number of amides is 2. The van der Waals surface area contributed by atoms with Crippen molar-refractivity contribution in [2.45, 2.75) is 32.2 Å². The summed E-state index contributed by atoms with van der Waals surface area (Å²) >= 11 is 0. The molecule has 126 valence electrons. The molecular formula is C18H27N3O2. The Morgan fingerprint density at radius 2 is 1.91 bits per heavy atom. The fourth-order valence-electron chi connectivity index (χ4n) is 2.84. The second-order valence-corrected chi connectivity index (χ2v) is 6.24. The Morgan fingerprint density at radius 3 is 2.61 bits per heavy atom. The molecule has 1 heterocycles. The summed E-state index contributed by atoms with van der Waals surface area (Å²) < 4.78 is 0. The number of benzene rings is 1. The lowest BCUT2D eigenvalue weighted by Crippen LogP contribution is -2.38. The maximum absolute atomic E-state index is 12.1. The normalized spacial score (nSPS) is 15.2. The number of carbonyl (C=O) groups is 2. The summed E-state index contributed by atoms with van der Waals surface area (Å²) in [6.45, 7) is 2.72. The Morgan fingerprint density at radius 1 is 1.22 bits per heavy atom. The predicted molar refractivity (Wildman–Crippen MR) is 90.8 cm³/mol. The molecule has 2 N–H and O–H groups in total. The minimum absolute atomic E-state index is 0.0541. The van der Waals surface area contributed by atoms with Gasteiger partial charge in [0, 0.05) is 20.0 Å². The van der Waals surface area contributed by atoms with E-state index < -0.39 is 0 Å². The first-order valence-corrected chi connectivity index (χ1v) is 8.40. The van der Waals surface area contributed by atoms with E-state index in [1.165, 1.54) is 4.90 Å². The zero-order valence-corrected chi connectivity index (χ0v) is 13.9. The molecule has 1 aliphatic heterocycles. The van der Waals surface area contributed by atoms with Crippen molar-refractivity contribution in [1.29, 1.82) is 0 Å². The van der Waals surface area contributed by atoms with E-state index >= 15 is 0 Å². The van der Waals surface area contributed by atoms with Gasteiger partial charge in [0.25, 0.3) is 0 Å². The lowest BCUT2D eigenvalue weighted by atomic mass is 9.93. The predicted octanol–water partition coefficient (Wildman–Crippen LogP) is 1.54. The molecule has 1 aromatic carbocycles. The number of hydrogen-bond donors (Lipinski definition) is 2. The van der Waals surface area contributed by atoms with Crippen molar-refractivity contribution >= 4 is 11.8 Å². The van der Waals surface area contributed by atoms with Crippen molar-refractivity contribution in [3.8, 4) is 0 Å². The highest BCUT2D eigenvalue weighted by Gasteiger charge is 2.17. The molecule has 0 spiro atoms. The van der Waals surface area contributed by atoms with Gasteiger partial charge < -0.3 is 15.5 Å². The number of carbonyl (C=O) groups excluding carboxylic acids is 2. The van der Waals surface area contributed by atoms with E-state index in [-0.39, 0.29) is 18.4 Å². The number of nitrogens with zero attached hydrogens (tertiary/aromatic N) is 1. The summed E-state index contributed by atoms with van der Waals surface area (Å²) in [6.07, 6.45) is 3.76. The van der Waals surface area contributed by atoms with E-state index in [4.69, 9.17) is 0 Å². The SMILES string of the molecule is CN(CC(=O)NCc1ccccc1)C(=O)CCC1CCNCC1. The Balaban J connectivity index is 1.64. The van der Waals surface area contributed by atoms with Gasteiger partial charge in [-0.1, -0.05) is 30.3 Å². The number of nitrogens with one attached hydrogen (secondary N) is 2. The molecule has 5 nitrogen and oxygen atoms in total. The van der Waals surface area contributed by atoms with E-state index in [1.54, 1.807) is 7.05 Å². The Bertz CT molecular complexity index is 498. The summed E-state index contributed by atoms with van der Waals surface area (Å²) in [7, 11) is 1.70. The van der Waals surface area contributed by atoms with Crippen LogP contribution in [0.15, 0.2) is 30.3 Å². The second kappa shape index (κ2) is 9.30. The lowest BCUT2D eigenvalue weighted by molar-refractivity contribution is -0.135. The fraction of sp³-hybridized carbons (Fsp3) is 0.556. The number of piperidine rings is 1. The van der Waals surface area contributed by atoms with E-state index in [2.05, 4.69) is 10.6 Å². The Labute approximate surface area is 138 Å². The van der Waals surface area contributed by atoms with E-state index in [1.807, 2.05) is 30.3 Å². The molecule has 1 saturated heterocycles. The monoisotopic (exact) mass is 317 g/mol. The highest BCUT2D eigenvalue weighted by Crippen LogP contribution is 2.18. The van der Waals surface area contributed by atoms with E-state index in [0.717, 1.165) is 37.9 Å². The molecule has 0 unspecified atom stereocenters. The van der Waals surface area contributed by atoms with E-state index in [9.17, 15) is 9.59 Å². The maximum Gasteiger partial charge on any atom is 0.239 e. The maximum atomic E-state index is 12.1. The van der Waals surface area contributed by atoms with Gasteiger partial charge in [0.2, 0.25) is 11.8 Å². The van der Waals surface area contributed by atoms with Crippen LogP contribution in [-0.2, 0) is 16.1 Å². The summed E-state index contributed by atoms with van der Waals surface area (Å²) in [4.78, 5) is 25.6. The molecule has 1 aromatic rings. The molecule has 1 fully saturated rings. The van der Waals surface area contributed by atoms with Gasteiger partial charge in [-0.2, -0.15) is 0 Å². The first kappa shape index (κ1) is 17.5. The fourth-order valence-corrected chi connectivity index (χ4v) is 2.84. The average molecular weight is 317 g/mol. The van der Waals surface area contributed by atoms with Gasteiger partial charge in [-0.25, -0.2) is 0 Å². The molecule has 0 aliphatic carbocycles. The largest absolute Gasteiger partial charge is 0.350 e. The smallest absolute Gasteiger partial charge is 0.239 e. The van der Waals surface area contributed by atoms with Crippen molar-refractivity contribution in [2.75, 3.05) is 26.7 Å². The van der Waals surface area contributed by atoms with Gasteiger partial charge in [-0.15, -0.1) is 0 Å². The van der Waals surface area contributed by atoms with E-state index in [0.29, 0.717) is 18.9 Å². The van der Waals surface area contributed by atoms with Gasteiger partial charge in [0.1, 0.15) is 0 Å². The van der Waals surface area contributed by atoms with Crippen molar-refractivity contribution in [1.82, 2.24) is 15.5 Å². The Hall–Kier alpha value is -1.88. The van der Waals surface area contributed by atoms with Crippen molar-refractivity contribution < 1.29 is 9.59 Å². The van der Waals surface area contributed by atoms with Crippen LogP contribution in [0.1, 0.15) is 31.2 Å². The first-order valence-electron chi connectivity index (χ1n) is 8.40. The molecule has 0 aromatic heterocycles. The van der Waals surface area contributed by atoms with Crippen LogP contribution < -0.4 is 10.6 Å². The summed E-state index contributed by atoms with van der Waals surface area (Å²) in [5, 5.41) is 6.18. The molecule has 0 saturated carbocycles. The van der Waals surface area contributed by atoms with Gasteiger partial charge in [0.15, 0.2) is 0 Å². The molecule has 0 atom stereocenters. The molecular weight excluding hydrogens is 290 g/mol. The minimum atomic E-state index is -0.119. The zero-order valence-electron chi connectivity index (χ0n) is 13.9. The third-order valence-electron chi connectivity index (χ3n) is 4.36. The molecule has 23 heavy (non-hydrogen) atoms. The van der Waals surface area contributed by atoms with Crippen LogP contribution in [0.4, 0.5) is 0 Å². The first-order chi connectivity index (χ1) is 11.1. The second-order valence-electron chi connectivity index (χ2n) is 6.24. The number of hydrogen-bond acceptors (Lipinski definition) is 3. The standard InChI is InChI=1S/C18H27N3O2/c1-21(18(23)8-7-15-9-11-19-12-10-15)14-17(22)20-13-16-5-3-2-4-6-16/h2-6,15,19H,7-14H2,1H3,(H,20,22). The Kier molecular flexibility index (Phi) is 7.07. The highest BCUT2D eigenvalue weighted by molar-refractivity contribution is 5.84. The highest BCUT2D eigenvalue weighted by atomic mass is 16.2.